The number of hydrogen-bond acceptors (Lipinski definition) is 2. The normalized spacial score (nSPS) is 10.0. The van der Waals surface area contributed by atoms with Crippen molar-refractivity contribution >= 4 is 17.4 Å². The number of carbonyl (C=O) groups excluding carboxylic acids is 2. The Kier molecular flexibility index (Phi) is 5.40. The first-order valence-corrected chi connectivity index (χ1v) is 6.04. The number of ketones is 1. The topological polar surface area (TPSA) is 46.2 Å². The summed E-state index contributed by atoms with van der Waals surface area (Å²) in [5.74, 6) is 0.0693. The van der Waals surface area contributed by atoms with E-state index < -0.39 is 0 Å². The first-order chi connectivity index (χ1) is 8.13. The smallest absolute Gasteiger partial charge is 0.224 e. The van der Waals surface area contributed by atoms with Crippen LogP contribution in [0, 0.1) is 0 Å². The van der Waals surface area contributed by atoms with E-state index in [1.165, 1.54) is 6.92 Å². The Balaban J connectivity index is 2.46. The van der Waals surface area contributed by atoms with Gasteiger partial charge in [-0.05, 0) is 37.6 Å². The number of benzene rings is 1. The van der Waals surface area contributed by atoms with Crippen molar-refractivity contribution in [1.29, 1.82) is 0 Å². The van der Waals surface area contributed by atoms with Gasteiger partial charge < -0.3 is 5.32 Å². The Morgan fingerprint density at radius 2 is 1.76 bits per heavy atom. The summed E-state index contributed by atoms with van der Waals surface area (Å²) in [5, 5.41) is 2.82. The van der Waals surface area contributed by atoms with E-state index in [0.29, 0.717) is 12.0 Å². The number of nitrogens with one attached hydrogen (secondary N) is 1. The molecule has 0 spiro atoms. The van der Waals surface area contributed by atoms with E-state index in [1.807, 2.05) is 0 Å². The van der Waals surface area contributed by atoms with Crippen LogP contribution in [0.1, 0.15) is 49.9 Å². The molecule has 0 aliphatic heterocycles. The Labute approximate surface area is 102 Å². The summed E-state index contributed by atoms with van der Waals surface area (Å²) in [4.78, 5) is 22.6. The highest BCUT2D eigenvalue weighted by atomic mass is 16.1. The van der Waals surface area contributed by atoms with Gasteiger partial charge in [-0.1, -0.05) is 19.8 Å². The molecule has 3 heteroatoms. The fraction of sp³-hybridized carbons (Fsp3) is 0.429. The zero-order valence-electron chi connectivity index (χ0n) is 10.5. The third-order valence-electron chi connectivity index (χ3n) is 2.58. The zero-order valence-corrected chi connectivity index (χ0v) is 10.5. The van der Waals surface area contributed by atoms with Crippen molar-refractivity contribution < 1.29 is 9.59 Å². The maximum atomic E-state index is 11.5. The third-order valence-corrected chi connectivity index (χ3v) is 2.58. The van der Waals surface area contributed by atoms with Crippen LogP contribution in [0.15, 0.2) is 24.3 Å². The lowest BCUT2D eigenvalue weighted by Crippen LogP contribution is -2.11. The summed E-state index contributed by atoms with van der Waals surface area (Å²) in [6.45, 7) is 3.64. The highest BCUT2D eigenvalue weighted by Crippen LogP contribution is 2.11. The minimum Gasteiger partial charge on any atom is -0.326 e. The minimum atomic E-state index is 0.0332. The maximum Gasteiger partial charge on any atom is 0.224 e. The van der Waals surface area contributed by atoms with E-state index in [2.05, 4.69) is 12.2 Å². The van der Waals surface area contributed by atoms with Crippen LogP contribution in [0.5, 0.6) is 0 Å². The molecule has 92 valence electrons. The highest BCUT2D eigenvalue weighted by Gasteiger charge is 2.03. The standard InChI is InChI=1S/C14H19NO2/c1-3-4-5-6-14(17)15-13-9-7-12(8-10-13)11(2)16/h7-10H,3-6H2,1-2H3,(H,15,17). The van der Waals surface area contributed by atoms with Gasteiger partial charge in [-0.3, -0.25) is 9.59 Å². The first-order valence-electron chi connectivity index (χ1n) is 6.04. The van der Waals surface area contributed by atoms with Crippen molar-refractivity contribution in [1.82, 2.24) is 0 Å². The summed E-state index contributed by atoms with van der Waals surface area (Å²) in [5.41, 5.74) is 1.41. The van der Waals surface area contributed by atoms with Crippen molar-refractivity contribution in [3.05, 3.63) is 29.8 Å². The molecule has 0 saturated carbocycles. The molecule has 0 unspecified atom stereocenters. The van der Waals surface area contributed by atoms with Crippen LogP contribution >= 0.6 is 0 Å². The number of hydrogen-bond donors (Lipinski definition) is 1. The van der Waals surface area contributed by atoms with Crippen LogP contribution in [0.3, 0.4) is 0 Å². The Morgan fingerprint density at radius 1 is 1.12 bits per heavy atom. The Morgan fingerprint density at radius 3 is 2.29 bits per heavy atom. The molecular weight excluding hydrogens is 214 g/mol. The lowest BCUT2D eigenvalue weighted by atomic mass is 10.1. The van der Waals surface area contributed by atoms with Gasteiger partial charge in [-0.15, -0.1) is 0 Å². The number of rotatable bonds is 6. The SMILES string of the molecule is CCCCCC(=O)Nc1ccc(C(C)=O)cc1. The van der Waals surface area contributed by atoms with Gasteiger partial charge in [0.25, 0.3) is 0 Å². The van der Waals surface area contributed by atoms with Crippen LogP contribution in [-0.4, -0.2) is 11.7 Å². The largest absolute Gasteiger partial charge is 0.326 e. The number of carbonyl (C=O) groups is 2. The lowest BCUT2D eigenvalue weighted by Gasteiger charge is -2.05. The molecule has 0 aliphatic carbocycles. The highest BCUT2D eigenvalue weighted by molar-refractivity contribution is 5.95. The molecule has 0 aromatic heterocycles. The number of anilines is 1. The number of unbranched alkanes of at least 4 members (excludes halogenated alkanes) is 2. The van der Waals surface area contributed by atoms with Crippen molar-refractivity contribution in [3.8, 4) is 0 Å². The van der Waals surface area contributed by atoms with Gasteiger partial charge in [0, 0.05) is 17.7 Å². The first kappa shape index (κ1) is 13.4. The Bertz CT molecular complexity index is 382. The van der Waals surface area contributed by atoms with Crippen molar-refractivity contribution in [2.45, 2.75) is 39.5 Å². The molecule has 0 heterocycles. The zero-order chi connectivity index (χ0) is 12.7. The van der Waals surface area contributed by atoms with E-state index >= 15 is 0 Å². The molecule has 1 amide bonds. The number of Topliss-reactive ketones (excluding diaryl/α,β-unsaturated/α-hetero) is 1. The average Bonchev–Trinajstić information content (AvgIpc) is 2.30. The summed E-state index contributed by atoms with van der Waals surface area (Å²) in [6.07, 6.45) is 3.67. The van der Waals surface area contributed by atoms with Crippen molar-refractivity contribution in [2.75, 3.05) is 5.32 Å². The summed E-state index contributed by atoms with van der Waals surface area (Å²) >= 11 is 0. The molecule has 3 nitrogen and oxygen atoms in total. The van der Waals surface area contributed by atoms with Gasteiger partial charge in [-0.25, -0.2) is 0 Å². The second kappa shape index (κ2) is 6.84. The van der Waals surface area contributed by atoms with Crippen molar-refractivity contribution in [3.63, 3.8) is 0 Å². The summed E-state index contributed by atoms with van der Waals surface area (Å²) < 4.78 is 0. The van der Waals surface area contributed by atoms with Gasteiger partial charge in [0.05, 0.1) is 0 Å². The fourth-order valence-corrected chi connectivity index (χ4v) is 1.55. The molecular formula is C14H19NO2. The summed E-state index contributed by atoms with van der Waals surface area (Å²) in [7, 11) is 0. The molecule has 1 aromatic carbocycles. The molecule has 0 saturated heterocycles. The molecule has 17 heavy (non-hydrogen) atoms. The average molecular weight is 233 g/mol. The summed E-state index contributed by atoms with van der Waals surface area (Å²) in [6, 6.07) is 6.97. The molecule has 0 atom stereocenters. The van der Waals surface area contributed by atoms with Gasteiger partial charge in [0.1, 0.15) is 0 Å². The molecule has 1 aromatic rings. The number of amides is 1. The Hall–Kier alpha value is -1.64. The molecule has 0 fully saturated rings. The van der Waals surface area contributed by atoms with Crippen LogP contribution in [0.4, 0.5) is 5.69 Å². The van der Waals surface area contributed by atoms with Crippen LogP contribution in [0.2, 0.25) is 0 Å². The van der Waals surface area contributed by atoms with E-state index in [4.69, 9.17) is 0 Å². The van der Waals surface area contributed by atoms with E-state index in [-0.39, 0.29) is 11.7 Å². The van der Waals surface area contributed by atoms with Crippen LogP contribution < -0.4 is 5.32 Å². The van der Waals surface area contributed by atoms with Gasteiger partial charge in [0.2, 0.25) is 5.91 Å². The van der Waals surface area contributed by atoms with Gasteiger partial charge in [-0.2, -0.15) is 0 Å². The molecule has 0 aliphatic rings. The lowest BCUT2D eigenvalue weighted by molar-refractivity contribution is -0.116. The minimum absolute atomic E-state index is 0.0332. The molecule has 1 N–H and O–H groups in total. The quantitative estimate of drug-likeness (QED) is 0.604. The second-order valence-electron chi connectivity index (χ2n) is 4.14. The van der Waals surface area contributed by atoms with E-state index in [0.717, 1.165) is 24.9 Å². The van der Waals surface area contributed by atoms with Crippen molar-refractivity contribution in [2.24, 2.45) is 0 Å². The predicted octanol–water partition coefficient (Wildman–Crippen LogP) is 3.41. The monoisotopic (exact) mass is 233 g/mol. The van der Waals surface area contributed by atoms with Crippen LogP contribution in [-0.2, 0) is 4.79 Å². The maximum absolute atomic E-state index is 11.5. The third kappa shape index (κ3) is 4.81. The van der Waals surface area contributed by atoms with Gasteiger partial charge in [0.15, 0.2) is 5.78 Å². The molecule has 1 rings (SSSR count). The van der Waals surface area contributed by atoms with E-state index in [1.54, 1.807) is 24.3 Å². The second-order valence-corrected chi connectivity index (χ2v) is 4.14. The fourth-order valence-electron chi connectivity index (χ4n) is 1.55. The van der Waals surface area contributed by atoms with E-state index in [9.17, 15) is 9.59 Å². The van der Waals surface area contributed by atoms with Gasteiger partial charge >= 0.3 is 0 Å². The molecule has 0 bridgehead atoms. The molecule has 0 radical (unpaired) electrons. The predicted molar refractivity (Wildman–Crippen MR) is 69.2 cm³/mol. The van der Waals surface area contributed by atoms with Crippen LogP contribution in [0.25, 0.3) is 0 Å².